The van der Waals surface area contributed by atoms with Crippen molar-refractivity contribution in [3.63, 3.8) is 0 Å². The molecule has 1 aliphatic carbocycles. The molecule has 0 aliphatic heterocycles. The van der Waals surface area contributed by atoms with Crippen LogP contribution in [0.5, 0.6) is 0 Å². The number of halogens is 1. The predicted molar refractivity (Wildman–Crippen MR) is 99.8 cm³/mol. The van der Waals surface area contributed by atoms with E-state index in [1.165, 1.54) is 0 Å². The lowest BCUT2D eigenvalue weighted by Crippen LogP contribution is -2.29. The molecule has 1 fully saturated rings. The predicted octanol–water partition coefficient (Wildman–Crippen LogP) is 3.92. The lowest BCUT2D eigenvalue weighted by molar-refractivity contribution is -0.122. The van der Waals surface area contributed by atoms with Gasteiger partial charge in [-0.3, -0.25) is 4.79 Å². The summed E-state index contributed by atoms with van der Waals surface area (Å²) in [5, 5.41) is 3.82. The van der Waals surface area contributed by atoms with E-state index >= 15 is 0 Å². The number of para-hydroxylation sites is 2. The number of fused-ring (bicyclic) bond motifs is 1. The molecule has 1 aliphatic rings. The Kier molecular flexibility index (Phi) is 4.22. The summed E-state index contributed by atoms with van der Waals surface area (Å²) in [5.41, 5.74) is 3.18. The molecule has 0 bridgehead atoms. The summed E-state index contributed by atoms with van der Waals surface area (Å²) in [7, 11) is 0. The van der Waals surface area contributed by atoms with Crippen LogP contribution in [0.15, 0.2) is 48.5 Å². The molecule has 2 atom stereocenters. The van der Waals surface area contributed by atoms with Gasteiger partial charge in [-0.1, -0.05) is 41.9 Å². The number of hydrogen-bond donors (Lipinski definition) is 1. The number of carbonyl (C=O) groups excluding carboxylic acids is 1. The van der Waals surface area contributed by atoms with Crippen LogP contribution in [0.3, 0.4) is 0 Å². The van der Waals surface area contributed by atoms with Crippen LogP contribution in [0, 0.1) is 12.8 Å². The van der Waals surface area contributed by atoms with Crippen molar-refractivity contribution in [1.82, 2.24) is 14.9 Å². The number of hydrogen-bond acceptors (Lipinski definition) is 2. The first-order valence-corrected chi connectivity index (χ1v) is 8.97. The van der Waals surface area contributed by atoms with E-state index in [0.29, 0.717) is 6.54 Å². The molecule has 3 aromatic rings. The summed E-state index contributed by atoms with van der Waals surface area (Å²) < 4.78 is 2.15. The maximum absolute atomic E-state index is 12.4. The van der Waals surface area contributed by atoms with Gasteiger partial charge in [0.15, 0.2) is 0 Å². The van der Waals surface area contributed by atoms with Crippen molar-refractivity contribution in [3.8, 4) is 0 Å². The molecule has 4 nitrogen and oxygen atoms in total. The molecule has 0 unspecified atom stereocenters. The second-order valence-corrected chi connectivity index (χ2v) is 6.97. The van der Waals surface area contributed by atoms with E-state index in [1.54, 1.807) is 0 Å². The molecule has 0 saturated heterocycles. The molecular formula is C20H20ClN3O. The molecule has 5 heteroatoms. The fourth-order valence-electron chi connectivity index (χ4n) is 3.50. The number of rotatable bonds is 5. The van der Waals surface area contributed by atoms with Crippen LogP contribution in [-0.2, 0) is 11.3 Å². The summed E-state index contributed by atoms with van der Waals surface area (Å²) in [5.74, 6) is 1.38. The molecule has 25 heavy (non-hydrogen) atoms. The fraction of sp³-hybridized carbons (Fsp3) is 0.300. The zero-order valence-corrected chi connectivity index (χ0v) is 14.8. The molecule has 0 spiro atoms. The van der Waals surface area contributed by atoms with Crippen molar-refractivity contribution in [1.29, 1.82) is 0 Å². The molecule has 128 valence electrons. The zero-order chi connectivity index (χ0) is 17.4. The average molecular weight is 354 g/mol. The van der Waals surface area contributed by atoms with Gasteiger partial charge in [0.25, 0.3) is 0 Å². The summed E-state index contributed by atoms with van der Waals surface area (Å²) in [4.78, 5) is 17.0. The highest BCUT2D eigenvalue weighted by Crippen LogP contribution is 2.49. The van der Waals surface area contributed by atoms with Crippen LogP contribution in [0.4, 0.5) is 0 Å². The van der Waals surface area contributed by atoms with Gasteiger partial charge in [0.2, 0.25) is 5.91 Å². The minimum atomic E-state index is 0.0422. The number of benzene rings is 2. The largest absolute Gasteiger partial charge is 0.354 e. The maximum atomic E-state index is 12.4. The maximum Gasteiger partial charge on any atom is 0.223 e. The summed E-state index contributed by atoms with van der Waals surface area (Å²) in [6, 6.07) is 15.9. The third-order valence-corrected chi connectivity index (χ3v) is 5.26. The van der Waals surface area contributed by atoms with Gasteiger partial charge in [0.1, 0.15) is 5.82 Å². The van der Waals surface area contributed by atoms with Crippen molar-refractivity contribution in [2.24, 2.45) is 5.92 Å². The van der Waals surface area contributed by atoms with Gasteiger partial charge in [-0.25, -0.2) is 4.98 Å². The van der Waals surface area contributed by atoms with Gasteiger partial charge in [-0.05, 0) is 43.0 Å². The lowest BCUT2D eigenvalue weighted by atomic mass is 10.1. The fourth-order valence-corrected chi connectivity index (χ4v) is 3.78. The highest BCUT2D eigenvalue weighted by Gasteiger charge is 2.44. The molecule has 1 amide bonds. The standard InChI is InChI=1S/C20H20ClN3O/c1-13-23-18-8-4-5-9-19(18)24(13)11-10-22-20(25)16-12-15(16)14-6-2-3-7-17(14)21/h2-9,15-16H,10-12H2,1H3,(H,22,25)/t15-,16+/m0/s1. The summed E-state index contributed by atoms with van der Waals surface area (Å²) >= 11 is 6.23. The molecule has 1 saturated carbocycles. The van der Waals surface area contributed by atoms with Gasteiger partial charge < -0.3 is 9.88 Å². The molecule has 1 N–H and O–H groups in total. The Bertz CT molecular complexity index is 934. The summed E-state index contributed by atoms with van der Waals surface area (Å²) in [6.07, 6.45) is 0.878. The molecular weight excluding hydrogens is 334 g/mol. The Morgan fingerprint density at radius 2 is 2.00 bits per heavy atom. The normalized spacial score (nSPS) is 19.1. The third kappa shape index (κ3) is 3.14. The number of aromatic nitrogens is 2. The second-order valence-electron chi connectivity index (χ2n) is 6.56. The van der Waals surface area contributed by atoms with Crippen LogP contribution in [-0.4, -0.2) is 22.0 Å². The minimum Gasteiger partial charge on any atom is -0.354 e. The van der Waals surface area contributed by atoms with E-state index in [4.69, 9.17) is 11.6 Å². The Labute approximate surface area is 151 Å². The highest BCUT2D eigenvalue weighted by molar-refractivity contribution is 6.31. The number of amides is 1. The van der Waals surface area contributed by atoms with Crippen LogP contribution < -0.4 is 5.32 Å². The number of carbonyl (C=O) groups is 1. The summed E-state index contributed by atoms with van der Waals surface area (Å²) in [6.45, 7) is 3.32. The topological polar surface area (TPSA) is 46.9 Å². The van der Waals surface area contributed by atoms with Crippen LogP contribution in [0.2, 0.25) is 5.02 Å². The first-order valence-electron chi connectivity index (χ1n) is 8.59. The van der Waals surface area contributed by atoms with Crippen molar-refractivity contribution in [2.75, 3.05) is 6.54 Å². The highest BCUT2D eigenvalue weighted by atomic mass is 35.5. The third-order valence-electron chi connectivity index (χ3n) is 4.91. The second kappa shape index (κ2) is 6.52. The van der Waals surface area contributed by atoms with Crippen molar-refractivity contribution in [3.05, 3.63) is 64.9 Å². The van der Waals surface area contributed by atoms with Gasteiger partial charge in [-0.15, -0.1) is 0 Å². The first kappa shape index (κ1) is 16.2. The average Bonchev–Trinajstić information content (AvgIpc) is 3.34. The number of nitrogens with one attached hydrogen (secondary N) is 1. The van der Waals surface area contributed by atoms with Crippen molar-refractivity contribution >= 4 is 28.5 Å². The van der Waals surface area contributed by atoms with E-state index in [2.05, 4.69) is 20.9 Å². The molecule has 0 radical (unpaired) electrons. The van der Waals surface area contributed by atoms with E-state index in [0.717, 1.165) is 40.4 Å². The van der Waals surface area contributed by atoms with Crippen LogP contribution in [0.1, 0.15) is 23.7 Å². The number of imidazole rings is 1. The monoisotopic (exact) mass is 353 g/mol. The van der Waals surface area contributed by atoms with Crippen molar-refractivity contribution < 1.29 is 4.79 Å². The zero-order valence-electron chi connectivity index (χ0n) is 14.1. The number of nitrogens with zero attached hydrogens (tertiary/aromatic N) is 2. The van der Waals surface area contributed by atoms with Gasteiger partial charge >= 0.3 is 0 Å². The molecule has 1 heterocycles. The Morgan fingerprint density at radius 1 is 1.24 bits per heavy atom. The number of aryl methyl sites for hydroxylation is 1. The Hall–Kier alpha value is -2.33. The minimum absolute atomic E-state index is 0.0422. The smallest absolute Gasteiger partial charge is 0.223 e. The quantitative estimate of drug-likeness (QED) is 0.755. The van der Waals surface area contributed by atoms with E-state index in [9.17, 15) is 4.79 Å². The molecule has 2 aromatic carbocycles. The SMILES string of the molecule is Cc1nc2ccccc2n1CCNC(=O)[C@@H]1C[C@H]1c1ccccc1Cl. The van der Waals surface area contributed by atoms with Crippen LogP contribution in [0.25, 0.3) is 11.0 Å². The van der Waals surface area contributed by atoms with Gasteiger partial charge in [0.05, 0.1) is 11.0 Å². The Balaban J connectivity index is 1.36. The molecule has 4 rings (SSSR count). The van der Waals surface area contributed by atoms with Crippen LogP contribution >= 0.6 is 11.6 Å². The van der Waals surface area contributed by atoms with Gasteiger partial charge in [-0.2, -0.15) is 0 Å². The first-order chi connectivity index (χ1) is 12.1. The van der Waals surface area contributed by atoms with E-state index in [1.807, 2.05) is 49.4 Å². The van der Waals surface area contributed by atoms with E-state index in [-0.39, 0.29) is 17.7 Å². The van der Waals surface area contributed by atoms with E-state index < -0.39 is 0 Å². The Morgan fingerprint density at radius 3 is 2.84 bits per heavy atom. The molecule has 1 aromatic heterocycles. The van der Waals surface area contributed by atoms with Gasteiger partial charge in [0, 0.05) is 24.0 Å². The van der Waals surface area contributed by atoms with Crippen molar-refractivity contribution in [2.45, 2.75) is 25.8 Å². The lowest BCUT2D eigenvalue weighted by Gasteiger charge is -2.09.